The molecule has 0 radical (unpaired) electrons. The van der Waals surface area contributed by atoms with Crippen molar-refractivity contribution in [3.63, 3.8) is 0 Å². The number of aromatic carboxylic acids is 1. The Kier molecular flexibility index (Phi) is 5.84. The van der Waals surface area contributed by atoms with E-state index in [1.807, 2.05) is 0 Å². The molecule has 0 saturated heterocycles. The number of nitrogens with two attached hydrogens (primary N) is 1. The van der Waals surface area contributed by atoms with Gasteiger partial charge in [-0.2, -0.15) is 0 Å². The van der Waals surface area contributed by atoms with E-state index in [4.69, 9.17) is 5.73 Å². The molecule has 8 nitrogen and oxygen atoms in total. The predicted molar refractivity (Wildman–Crippen MR) is 112 cm³/mol. The summed E-state index contributed by atoms with van der Waals surface area (Å²) in [5.41, 5.74) is 6.80. The molecule has 0 aliphatic heterocycles. The average molecular weight is 425 g/mol. The highest BCUT2D eigenvalue weighted by Crippen LogP contribution is 2.30. The molecule has 2 aromatic carbocycles. The summed E-state index contributed by atoms with van der Waals surface area (Å²) in [4.78, 5) is 27.0. The Bertz CT molecular complexity index is 1220. The molecule has 154 valence electrons. The van der Waals surface area contributed by atoms with Gasteiger partial charge in [0.25, 0.3) is 10.0 Å². The fraction of sp³-hybridized carbons (Fsp3) is 0.0952. The van der Waals surface area contributed by atoms with Gasteiger partial charge in [0, 0.05) is 17.3 Å². The zero-order valence-electron chi connectivity index (χ0n) is 16.0. The topological polar surface area (TPSA) is 139 Å². The van der Waals surface area contributed by atoms with Gasteiger partial charge < -0.3 is 10.8 Å². The third-order valence-electron chi connectivity index (χ3n) is 4.47. The van der Waals surface area contributed by atoms with Crippen LogP contribution >= 0.6 is 0 Å². The maximum Gasteiger partial charge on any atom is 0.335 e. The number of aromatic nitrogens is 1. The number of anilines is 1. The summed E-state index contributed by atoms with van der Waals surface area (Å²) < 4.78 is 28.8. The van der Waals surface area contributed by atoms with E-state index in [1.165, 1.54) is 24.3 Å². The van der Waals surface area contributed by atoms with Gasteiger partial charge in [0.2, 0.25) is 5.91 Å². The molecule has 9 heteroatoms. The molecule has 0 bridgehead atoms. The lowest BCUT2D eigenvalue weighted by Crippen LogP contribution is -2.18. The highest BCUT2D eigenvalue weighted by atomic mass is 32.2. The highest BCUT2D eigenvalue weighted by molar-refractivity contribution is 7.92. The van der Waals surface area contributed by atoms with Crippen molar-refractivity contribution >= 4 is 27.6 Å². The van der Waals surface area contributed by atoms with Gasteiger partial charge >= 0.3 is 5.97 Å². The minimum Gasteiger partial charge on any atom is -0.478 e. The molecular formula is C21H19N3O5S. The number of carbonyl (C=O) groups is 2. The molecule has 3 aromatic rings. The van der Waals surface area contributed by atoms with Crippen LogP contribution in [0, 0.1) is 0 Å². The van der Waals surface area contributed by atoms with Crippen molar-refractivity contribution < 1.29 is 23.1 Å². The van der Waals surface area contributed by atoms with E-state index in [-0.39, 0.29) is 21.7 Å². The first kappa shape index (κ1) is 21.0. The van der Waals surface area contributed by atoms with E-state index in [9.17, 15) is 23.1 Å². The van der Waals surface area contributed by atoms with Gasteiger partial charge in [-0.15, -0.1) is 0 Å². The third-order valence-corrected chi connectivity index (χ3v) is 5.92. The number of amides is 1. The van der Waals surface area contributed by atoms with Gasteiger partial charge in [0.15, 0.2) is 0 Å². The zero-order chi connectivity index (χ0) is 21.9. The van der Waals surface area contributed by atoms with Gasteiger partial charge in [-0.3, -0.25) is 14.5 Å². The Balaban J connectivity index is 2.15. The first-order valence-electron chi connectivity index (χ1n) is 8.97. The third kappa shape index (κ3) is 4.31. The summed E-state index contributed by atoms with van der Waals surface area (Å²) in [6, 6.07) is 13.5. The molecule has 1 amide bonds. The molecule has 0 saturated carbocycles. The Morgan fingerprint density at radius 3 is 2.40 bits per heavy atom. The van der Waals surface area contributed by atoms with Crippen LogP contribution in [0.15, 0.2) is 65.7 Å². The molecule has 1 heterocycles. The number of rotatable bonds is 7. The summed E-state index contributed by atoms with van der Waals surface area (Å²) in [6.45, 7) is 1.77. The van der Waals surface area contributed by atoms with Crippen LogP contribution in [0.2, 0.25) is 0 Å². The molecule has 30 heavy (non-hydrogen) atoms. The summed E-state index contributed by atoms with van der Waals surface area (Å²) >= 11 is 0. The van der Waals surface area contributed by atoms with Crippen LogP contribution in [-0.2, 0) is 16.4 Å². The number of pyridine rings is 1. The number of carboxylic acids is 1. The van der Waals surface area contributed by atoms with Crippen LogP contribution in [0.3, 0.4) is 0 Å². The zero-order valence-corrected chi connectivity index (χ0v) is 16.8. The molecular weight excluding hydrogens is 406 g/mol. The van der Waals surface area contributed by atoms with Crippen LogP contribution in [0.25, 0.3) is 11.3 Å². The first-order valence-corrected chi connectivity index (χ1v) is 10.5. The summed E-state index contributed by atoms with van der Waals surface area (Å²) in [5, 5.41) is 9.24. The molecule has 0 spiro atoms. The Hall–Kier alpha value is -3.72. The summed E-state index contributed by atoms with van der Waals surface area (Å²) in [6.07, 6.45) is 1.94. The molecule has 3 rings (SSSR count). The smallest absolute Gasteiger partial charge is 0.335 e. The van der Waals surface area contributed by atoms with Crippen molar-refractivity contribution in [3.05, 3.63) is 77.5 Å². The number of carbonyl (C=O) groups excluding carboxylic acids is 1. The van der Waals surface area contributed by atoms with Crippen LogP contribution < -0.4 is 10.5 Å². The number of hydrogen-bond donors (Lipinski definition) is 3. The lowest BCUT2D eigenvalue weighted by Gasteiger charge is -2.16. The van der Waals surface area contributed by atoms with Crippen LogP contribution in [0.1, 0.15) is 33.2 Å². The van der Waals surface area contributed by atoms with E-state index >= 15 is 0 Å². The molecule has 0 aliphatic rings. The second kappa shape index (κ2) is 8.34. The quantitative estimate of drug-likeness (QED) is 0.532. The average Bonchev–Trinajstić information content (AvgIpc) is 2.73. The fourth-order valence-electron chi connectivity index (χ4n) is 2.96. The number of aryl methyl sites for hydroxylation is 1. The van der Waals surface area contributed by atoms with Crippen molar-refractivity contribution in [3.8, 4) is 11.3 Å². The number of hydrogen-bond acceptors (Lipinski definition) is 5. The minimum atomic E-state index is -4.18. The van der Waals surface area contributed by atoms with Gasteiger partial charge in [-0.05, 0) is 54.4 Å². The van der Waals surface area contributed by atoms with Gasteiger partial charge in [-0.25, -0.2) is 13.2 Å². The molecule has 0 unspecified atom stereocenters. The molecule has 4 N–H and O–H groups in total. The van der Waals surface area contributed by atoms with Crippen molar-refractivity contribution in [2.24, 2.45) is 5.73 Å². The Morgan fingerprint density at radius 1 is 1.07 bits per heavy atom. The number of carboxylic acid groups (broad SMARTS) is 1. The highest BCUT2D eigenvalue weighted by Gasteiger charge is 2.22. The largest absolute Gasteiger partial charge is 0.478 e. The summed E-state index contributed by atoms with van der Waals surface area (Å²) in [5.74, 6) is -1.95. The van der Waals surface area contributed by atoms with Crippen LogP contribution in [0.4, 0.5) is 5.69 Å². The Morgan fingerprint density at radius 2 is 1.80 bits per heavy atom. The monoisotopic (exact) mass is 425 g/mol. The fourth-order valence-corrected chi connectivity index (χ4v) is 4.36. The first-order chi connectivity index (χ1) is 14.2. The van der Waals surface area contributed by atoms with Gasteiger partial charge in [-0.1, -0.05) is 19.1 Å². The van der Waals surface area contributed by atoms with E-state index < -0.39 is 21.9 Å². The second-order valence-electron chi connectivity index (χ2n) is 6.43. The van der Waals surface area contributed by atoms with Gasteiger partial charge in [0.1, 0.15) is 0 Å². The standard InChI is InChI=1S/C21H19N3O5S/c1-2-13-6-7-15(21(26)27)12-19(13)30(28,29)24-18-11-14(20(22)25)8-9-16(18)17-5-3-4-10-23-17/h3-12,24H,2H2,1H3,(H2,22,25)(H,26,27). The number of benzene rings is 2. The number of nitrogens with one attached hydrogen (secondary N) is 1. The summed E-state index contributed by atoms with van der Waals surface area (Å²) in [7, 11) is -4.18. The number of sulfonamides is 1. The van der Waals surface area contributed by atoms with E-state index in [0.29, 0.717) is 23.2 Å². The maximum absolute atomic E-state index is 13.2. The van der Waals surface area contributed by atoms with Crippen LogP contribution in [0.5, 0.6) is 0 Å². The second-order valence-corrected chi connectivity index (χ2v) is 8.08. The lowest BCUT2D eigenvalue weighted by atomic mass is 10.1. The lowest BCUT2D eigenvalue weighted by molar-refractivity contribution is 0.0696. The van der Waals surface area contributed by atoms with E-state index in [2.05, 4.69) is 9.71 Å². The van der Waals surface area contributed by atoms with Crippen molar-refractivity contribution in [2.45, 2.75) is 18.2 Å². The normalized spacial score (nSPS) is 11.1. The molecule has 0 aliphatic carbocycles. The van der Waals surface area contributed by atoms with Crippen molar-refractivity contribution in [2.75, 3.05) is 4.72 Å². The molecule has 0 atom stereocenters. The van der Waals surface area contributed by atoms with E-state index in [0.717, 1.165) is 6.07 Å². The molecule has 0 fully saturated rings. The predicted octanol–water partition coefficient (Wildman–Crippen LogP) is 2.91. The van der Waals surface area contributed by atoms with Crippen LogP contribution in [-0.4, -0.2) is 30.4 Å². The maximum atomic E-state index is 13.2. The Labute approximate surface area is 173 Å². The SMILES string of the molecule is CCc1ccc(C(=O)O)cc1S(=O)(=O)Nc1cc(C(N)=O)ccc1-c1ccccn1. The number of primary amides is 1. The van der Waals surface area contributed by atoms with E-state index in [1.54, 1.807) is 37.4 Å². The molecule has 1 aromatic heterocycles. The minimum absolute atomic E-state index is 0.104. The van der Waals surface area contributed by atoms with Crippen molar-refractivity contribution in [1.29, 1.82) is 0 Å². The number of nitrogens with zero attached hydrogens (tertiary/aromatic N) is 1. The van der Waals surface area contributed by atoms with Gasteiger partial charge in [0.05, 0.1) is 21.8 Å². The van der Waals surface area contributed by atoms with Crippen molar-refractivity contribution in [1.82, 2.24) is 4.98 Å².